The minimum Gasteiger partial charge on any atom is -0.366 e. The Labute approximate surface area is 97.2 Å². The van der Waals surface area contributed by atoms with Crippen LogP contribution in [0.5, 0.6) is 0 Å². The van der Waals surface area contributed by atoms with Crippen molar-refractivity contribution in [1.29, 1.82) is 0 Å². The van der Waals surface area contributed by atoms with Crippen molar-refractivity contribution in [1.82, 2.24) is 9.97 Å². The van der Waals surface area contributed by atoms with Gasteiger partial charge in [-0.05, 0) is 46.5 Å². The highest BCUT2D eigenvalue weighted by Crippen LogP contribution is 2.15. The molecule has 0 unspecified atom stereocenters. The molecule has 1 N–H and O–H groups in total. The normalized spacial score (nSPS) is 10.3. The highest BCUT2D eigenvalue weighted by molar-refractivity contribution is 7.08. The van der Waals surface area contributed by atoms with Gasteiger partial charge < -0.3 is 5.32 Å². The van der Waals surface area contributed by atoms with Gasteiger partial charge in [-0.3, -0.25) is 0 Å². The largest absolute Gasteiger partial charge is 0.366 e. The Bertz CT molecular complexity index is 455. The molecule has 0 aliphatic rings. The maximum Gasteiger partial charge on any atom is 0.224 e. The van der Waals surface area contributed by atoms with Gasteiger partial charge in [-0.15, -0.1) is 0 Å². The Morgan fingerprint density at radius 1 is 1.47 bits per heavy atom. The van der Waals surface area contributed by atoms with Crippen molar-refractivity contribution >= 4 is 28.8 Å². The average Bonchev–Trinajstić information content (AvgIpc) is 2.61. The van der Waals surface area contributed by atoms with Gasteiger partial charge in [0.15, 0.2) is 0 Å². The van der Waals surface area contributed by atoms with E-state index in [1.807, 2.05) is 0 Å². The van der Waals surface area contributed by atoms with Crippen LogP contribution in [0.25, 0.3) is 0 Å². The van der Waals surface area contributed by atoms with Crippen LogP contribution in [-0.4, -0.2) is 9.97 Å². The van der Waals surface area contributed by atoms with E-state index in [9.17, 15) is 0 Å². The number of aryl methyl sites for hydroxylation is 1. The van der Waals surface area contributed by atoms with E-state index in [0.717, 1.165) is 12.4 Å². The third-order valence-electron chi connectivity index (χ3n) is 2.05. The minimum atomic E-state index is 0.266. The lowest BCUT2D eigenvalue weighted by Gasteiger charge is -2.04. The molecule has 2 heterocycles. The molecule has 0 aromatic carbocycles. The van der Waals surface area contributed by atoms with Gasteiger partial charge in [0.2, 0.25) is 5.28 Å². The second-order valence-electron chi connectivity index (χ2n) is 3.14. The average molecular weight is 240 g/mol. The SMILES string of the molecule is Cc1cscc1CNc1ccnc(Cl)n1. The fourth-order valence-corrected chi connectivity index (χ4v) is 2.19. The third kappa shape index (κ3) is 2.67. The van der Waals surface area contributed by atoms with E-state index in [4.69, 9.17) is 11.6 Å². The Balaban J connectivity index is 2.02. The monoisotopic (exact) mass is 239 g/mol. The molecule has 78 valence electrons. The smallest absolute Gasteiger partial charge is 0.224 e. The number of anilines is 1. The van der Waals surface area contributed by atoms with Crippen LogP contribution in [0.15, 0.2) is 23.0 Å². The molecule has 2 rings (SSSR count). The number of nitrogens with one attached hydrogen (secondary N) is 1. The number of aromatic nitrogens is 2. The molecule has 0 aliphatic carbocycles. The van der Waals surface area contributed by atoms with Crippen LogP contribution < -0.4 is 5.32 Å². The van der Waals surface area contributed by atoms with E-state index in [1.54, 1.807) is 23.6 Å². The highest BCUT2D eigenvalue weighted by Gasteiger charge is 2.00. The van der Waals surface area contributed by atoms with Crippen LogP contribution in [0.3, 0.4) is 0 Å². The lowest BCUT2D eigenvalue weighted by atomic mass is 10.2. The molecule has 2 aromatic heterocycles. The Kier molecular flexibility index (Phi) is 3.18. The van der Waals surface area contributed by atoms with Gasteiger partial charge in [-0.25, -0.2) is 9.97 Å². The summed E-state index contributed by atoms with van der Waals surface area (Å²) < 4.78 is 0. The number of thiophene rings is 1. The highest BCUT2D eigenvalue weighted by atomic mass is 35.5. The number of nitrogens with zero attached hydrogens (tertiary/aromatic N) is 2. The predicted octanol–water partition coefficient (Wildman–Crippen LogP) is 3.11. The van der Waals surface area contributed by atoms with Crippen LogP contribution in [0.1, 0.15) is 11.1 Å². The first-order chi connectivity index (χ1) is 7.25. The lowest BCUT2D eigenvalue weighted by molar-refractivity contribution is 1.08. The van der Waals surface area contributed by atoms with Crippen molar-refractivity contribution in [3.05, 3.63) is 39.4 Å². The van der Waals surface area contributed by atoms with Gasteiger partial charge in [0.05, 0.1) is 0 Å². The molecule has 0 bridgehead atoms. The van der Waals surface area contributed by atoms with Gasteiger partial charge in [0.25, 0.3) is 0 Å². The third-order valence-corrected chi connectivity index (χ3v) is 3.14. The summed E-state index contributed by atoms with van der Waals surface area (Å²) >= 11 is 7.38. The summed E-state index contributed by atoms with van der Waals surface area (Å²) in [6.45, 7) is 2.86. The van der Waals surface area contributed by atoms with E-state index in [1.165, 1.54) is 11.1 Å². The van der Waals surface area contributed by atoms with Crippen LogP contribution in [0.2, 0.25) is 5.28 Å². The van der Waals surface area contributed by atoms with Gasteiger partial charge >= 0.3 is 0 Å². The first-order valence-electron chi connectivity index (χ1n) is 4.50. The molecule has 2 aromatic rings. The second kappa shape index (κ2) is 4.59. The van der Waals surface area contributed by atoms with E-state index in [0.29, 0.717) is 0 Å². The zero-order chi connectivity index (χ0) is 10.7. The lowest BCUT2D eigenvalue weighted by Crippen LogP contribution is -2.01. The topological polar surface area (TPSA) is 37.8 Å². The molecule has 0 fully saturated rings. The summed E-state index contributed by atoms with van der Waals surface area (Å²) in [5.41, 5.74) is 2.59. The molecule has 15 heavy (non-hydrogen) atoms. The molecule has 0 aliphatic heterocycles. The fourth-order valence-electron chi connectivity index (χ4n) is 1.19. The molecule has 0 spiro atoms. The Morgan fingerprint density at radius 3 is 3.00 bits per heavy atom. The van der Waals surface area contributed by atoms with E-state index < -0.39 is 0 Å². The molecule has 0 saturated carbocycles. The summed E-state index contributed by atoms with van der Waals surface area (Å²) in [6.07, 6.45) is 1.64. The van der Waals surface area contributed by atoms with Crippen molar-refractivity contribution in [2.75, 3.05) is 5.32 Å². The molecule has 0 amide bonds. The molecule has 0 atom stereocenters. The van der Waals surface area contributed by atoms with Gasteiger partial charge in [-0.1, -0.05) is 0 Å². The second-order valence-corrected chi connectivity index (χ2v) is 4.23. The first kappa shape index (κ1) is 10.4. The van der Waals surface area contributed by atoms with Crippen molar-refractivity contribution in [3.8, 4) is 0 Å². The maximum atomic E-state index is 5.68. The standard InChI is InChI=1S/C10H10ClN3S/c1-7-5-15-6-8(7)4-13-9-2-3-12-10(11)14-9/h2-3,5-6H,4H2,1H3,(H,12,13,14). The summed E-state index contributed by atoms with van der Waals surface area (Å²) in [4.78, 5) is 7.87. The van der Waals surface area contributed by atoms with Gasteiger partial charge in [0, 0.05) is 12.7 Å². The molecule has 0 saturated heterocycles. The van der Waals surface area contributed by atoms with Crippen molar-refractivity contribution in [2.24, 2.45) is 0 Å². The zero-order valence-corrected chi connectivity index (χ0v) is 9.77. The number of hydrogen-bond donors (Lipinski definition) is 1. The zero-order valence-electron chi connectivity index (χ0n) is 8.20. The molecular formula is C10H10ClN3S. The molecule has 0 radical (unpaired) electrons. The maximum absolute atomic E-state index is 5.68. The molecule has 5 heteroatoms. The summed E-state index contributed by atoms with van der Waals surface area (Å²) in [7, 11) is 0. The van der Waals surface area contributed by atoms with Gasteiger partial charge in [-0.2, -0.15) is 11.3 Å². The van der Waals surface area contributed by atoms with Crippen LogP contribution in [0.4, 0.5) is 5.82 Å². The summed E-state index contributed by atoms with van der Waals surface area (Å²) in [5, 5.41) is 7.72. The number of halogens is 1. The van der Waals surface area contributed by atoms with Crippen molar-refractivity contribution < 1.29 is 0 Å². The van der Waals surface area contributed by atoms with E-state index >= 15 is 0 Å². The first-order valence-corrected chi connectivity index (χ1v) is 5.82. The van der Waals surface area contributed by atoms with Crippen LogP contribution >= 0.6 is 22.9 Å². The van der Waals surface area contributed by atoms with E-state index in [2.05, 4.69) is 33.0 Å². The number of rotatable bonds is 3. The molecule has 3 nitrogen and oxygen atoms in total. The summed E-state index contributed by atoms with van der Waals surface area (Å²) in [6, 6.07) is 1.80. The summed E-state index contributed by atoms with van der Waals surface area (Å²) in [5.74, 6) is 0.751. The van der Waals surface area contributed by atoms with E-state index in [-0.39, 0.29) is 5.28 Å². The molecular weight excluding hydrogens is 230 g/mol. The Hall–Kier alpha value is -1.13. The Morgan fingerprint density at radius 2 is 2.33 bits per heavy atom. The van der Waals surface area contributed by atoms with Crippen LogP contribution in [0, 0.1) is 6.92 Å². The van der Waals surface area contributed by atoms with Crippen LogP contribution in [-0.2, 0) is 6.54 Å². The quantitative estimate of drug-likeness (QED) is 0.837. The minimum absolute atomic E-state index is 0.266. The fraction of sp³-hybridized carbons (Fsp3) is 0.200. The van der Waals surface area contributed by atoms with Crippen molar-refractivity contribution in [3.63, 3.8) is 0 Å². The number of hydrogen-bond acceptors (Lipinski definition) is 4. The van der Waals surface area contributed by atoms with Gasteiger partial charge in [0.1, 0.15) is 5.82 Å². The van der Waals surface area contributed by atoms with Crippen molar-refractivity contribution in [2.45, 2.75) is 13.5 Å². The predicted molar refractivity (Wildman–Crippen MR) is 63.4 cm³/mol.